The van der Waals surface area contributed by atoms with Crippen molar-refractivity contribution >= 4 is 21.1 Å². The summed E-state index contributed by atoms with van der Waals surface area (Å²) in [6.07, 6.45) is 2.25. The van der Waals surface area contributed by atoms with Gasteiger partial charge in [0, 0.05) is 38.3 Å². The van der Waals surface area contributed by atoms with Crippen molar-refractivity contribution < 1.29 is 8.42 Å². The Kier molecular flexibility index (Phi) is 3.46. The van der Waals surface area contributed by atoms with Gasteiger partial charge in [-0.15, -0.1) is 0 Å². The summed E-state index contributed by atoms with van der Waals surface area (Å²) in [5.41, 5.74) is 1.47. The lowest BCUT2D eigenvalue weighted by Crippen LogP contribution is -2.38. The van der Waals surface area contributed by atoms with Crippen LogP contribution < -0.4 is 5.32 Å². The SMILES string of the molecule is Cc1nn(C)c2ncc(S(=O)(=O)N(C)C3CCNC3)cc12. The first-order chi connectivity index (χ1) is 9.91. The number of aromatic nitrogens is 3. The zero-order chi connectivity index (χ0) is 15.2. The molecule has 2 aromatic heterocycles. The molecule has 1 fully saturated rings. The Morgan fingerprint density at radius 1 is 1.48 bits per heavy atom. The summed E-state index contributed by atoms with van der Waals surface area (Å²) in [6, 6.07) is 1.67. The van der Waals surface area contributed by atoms with Crippen molar-refractivity contribution in [1.82, 2.24) is 24.4 Å². The molecule has 0 radical (unpaired) electrons. The Balaban J connectivity index is 2.04. The minimum atomic E-state index is -3.53. The van der Waals surface area contributed by atoms with Crippen LogP contribution in [0.15, 0.2) is 17.2 Å². The van der Waals surface area contributed by atoms with E-state index < -0.39 is 10.0 Å². The topological polar surface area (TPSA) is 80.1 Å². The third kappa shape index (κ3) is 2.33. The summed E-state index contributed by atoms with van der Waals surface area (Å²) in [5, 5.41) is 8.23. The third-order valence-corrected chi connectivity index (χ3v) is 5.94. The van der Waals surface area contributed by atoms with E-state index >= 15 is 0 Å². The summed E-state index contributed by atoms with van der Waals surface area (Å²) in [5.74, 6) is 0. The van der Waals surface area contributed by atoms with Gasteiger partial charge in [0.15, 0.2) is 5.65 Å². The molecule has 0 aromatic carbocycles. The summed E-state index contributed by atoms with van der Waals surface area (Å²) < 4.78 is 28.5. The molecule has 1 atom stereocenters. The molecule has 1 unspecified atom stereocenters. The highest BCUT2D eigenvalue weighted by atomic mass is 32.2. The van der Waals surface area contributed by atoms with Crippen molar-refractivity contribution in [3.05, 3.63) is 18.0 Å². The average molecular weight is 309 g/mol. The van der Waals surface area contributed by atoms with Gasteiger partial charge in [0.2, 0.25) is 10.0 Å². The molecule has 1 saturated heterocycles. The monoisotopic (exact) mass is 309 g/mol. The first-order valence-electron chi connectivity index (χ1n) is 6.89. The highest BCUT2D eigenvalue weighted by Crippen LogP contribution is 2.23. The molecule has 114 valence electrons. The first-order valence-corrected chi connectivity index (χ1v) is 8.33. The zero-order valence-corrected chi connectivity index (χ0v) is 13.2. The van der Waals surface area contributed by atoms with Crippen molar-refractivity contribution in [2.24, 2.45) is 7.05 Å². The quantitative estimate of drug-likeness (QED) is 0.879. The molecule has 1 aliphatic heterocycles. The number of sulfonamides is 1. The van der Waals surface area contributed by atoms with E-state index in [-0.39, 0.29) is 10.9 Å². The number of rotatable bonds is 3. The molecule has 21 heavy (non-hydrogen) atoms. The number of nitrogens with zero attached hydrogens (tertiary/aromatic N) is 4. The normalized spacial score (nSPS) is 19.7. The van der Waals surface area contributed by atoms with E-state index in [0.29, 0.717) is 12.2 Å². The van der Waals surface area contributed by atoms with Gasteiger partial charge in [-0.1, -0.05) is 0 Å². The van der Waals surface area contributed by atoms with Gasteiger partial charge >= 0.3 is 0 Å². The van der Waals surface area contributed by atoms with Gasteiger partial charge in [0.25, 0.3) is 0 Å². The van der Waals surface area contributed by atoms with Crippen LogP contribution in [0.1, 0.15) is 12.1 Å². The minimum Gasteiger partial charge on any atom is -0.315 e. The van der Waals surface area contributed by atoms with E-state index in [1.54, 1.807) is 24.8 Å². The second kappa shape index (κ2) is 5.04. The average Bonchev–Trinajstić information content (AvgIpc) is 3.07. The Labute approximate surface area is 124 Å². The molecule has 0 saturated carbocycles. The van der Waals surface area contributed by atoms with Gasteiger partial charge in [-0.2, -0.15) is 9.40 Å². The van der Waals surface area contributed by atoms with Gasteiger partial charge in [0.1, 0.15) is 4.90 Å². The van der Waals surface area contributed by atoms with Crippen LogP contribution in [-0.2, 0) is 17.1 Å². The van der Waals surface area contributed by atoms with Crippen LogP contribution in [-0.4, -0.2) is 53.7 Å². The molecule has 0 bridgehead atoms. The molecular weight excluding hydrogens is 290 g/mol. The summed E-state index contributed by atoms with van der Waals surface area (Å²) >= 11 is 0. The van der Waals surface area contributed by atoms with Crippen LogP contribution in [0.25, 0.3) is 11.0 Å². The first kappa shape index (κ1) is 14.4. The van der Waals surface area contributed by atoms with Crippen LogP contribution in [0.5, 0.6) is 0 Å². The van der Waals surface area contributed by atoms with Crippen LogP contribution in [0, 0.1) is 6.92 Å². The van der Waals surface area contributed by atoms with E-state index in [1.807, 2.05) is 6.92 Å². The number of nitrogens with one attached hydrogen (secondary N) is 1. The van der Waals surface area contributed by atoms with Crippen LogP contribution in [0.2, 0.25) is 0 Å². The second-order valence-corrected chi connectivity index (χ2v) is 7.42. The van der Waals surface area contributed by atoms with Gasteiger partial charge in [-0.05, 0) is 26.0 Å². The molecule has 2 aromatic rings. The molecule has 3 heterocycles. The van der Waals surface area contributed by atoms with Crippen molar-refractivity contribution in [3.8, 4) is 0 Å². The molecule has 0 aliphatic carbocycles. The molecule has 3 rings (SSSR count). The largest absolute Gasteiger partial charge is 0.315 e. The maximum absolute atomic E-state index is 12.7. The summed E-state index contributed by atoms with van der Waals surface area (Å²) in [6.45, 7) is 3.39. The van der Waals surface area contributed by atoms with Crippen molar-refractivity contribution in [1.29, 1.82) is 0 Å². The zero-order valence-electron chi connectivity index (χ0n) is 12.4. The molecule has 7 nitrogen and oxygen atoms in total. The van der Waals surface area contributed by atoms with Gasteiger partial charge in [-0.3, -0.25) is 4.68 Å². The van der Waals surface area contributed by atoms with Gasteiger partial charge < -0.3 is 5.32 Å². The van der Waals surface area contributed by atoms with E-state index in [4.69, 9.17) is 0 Å². The summed E-state index contributed by atoms with van der Waals surface area (Å²) in [4.78, 5) is 4.48. The fourth-order valence-electron chi connectivity index (χ4n) is 2.74. The van der Waals surface area contributed by atoms with Crippen LogP contribution in [0.4, 0.5) is 0 Å². The molecule has 0 spiro atoms. The molecule has 1 aliphatic rings. The third-order valence-electron chi connectivity index (χ3n) is 4.06. The Hall–Kier alpha value is -1.51. The molecule has 1 N–H and O–H groups in total. The number of hydrogen-bond acceptors (Lipinski definition) is 5. The maximum Gasteiger partial charge on any atom is 0.244 e. The fraction of sp³-hybridized carbons (Fsp3) is 0.538. The lowest BCUT2D eigenvalue weighted by atomic mass is 10.3. The number of likely N-dealkylation sites (N-methyl/N-ethyl adjacent to an activating group) is 1. The summed E-state index contributed by atoms with van der Waals surface area (Å²) in [7, 11) is -0.0969. The molecule has 0 amide bonds. The highest BCUT2D eigenvalue weighted by Gasteiger charge is 2.30. The van der Waals surface area contributed by atoms with E-state index in [2.05, 4.69) is 15.4 Å². The maximum atomic E-state index is 12.7. The van der Waals surface area contributed by atoms with Crippen molar-refractivity contribution in [2.75, 3.05) is 20.1 Å². The Morgan fingerprint density at radius 3 is 2.90 bits per heavy atom. The van der Waals surface area contributed by atoms with Crippen molar-refractivity contribution in [2.45, 2.75) is 24.3 Å². The Bertz CT molecular complexity index is 777. The van der Waals surface area contributed by atoms with Gasteiger partial charge in [-0.25, -0.2) is 13.4 Å². The minimum absolute atomic E-state index is 0.000641. The number of hydrogen-bond donors (Lipinski definition) is 1. The second-order valence-electron chi connectivity index (χ2n) is 5.42. The van der Waals surface area contributed by atoms with E-state index in [1.165, 1.54) is 10.5 Å². The lowest BCUT2D eigenvalue weighted by Gasteiger charge is -2.22. The van der Waals surface area contributed by atoms with Crippen LogP contribution >= 0.6 is 0 Å². The van der Waals surface area contributed by atoms with E-state index in [9.17, 15) is 8.42 Å². The lowest BCUT2D eigenvalue weighted by molar-refractivity contribution is 0.387. The standard InChI is InChI=1S/C13H19N5O2S/c1-9-12-6-11(8-15-13(12)17(2)16-9)21(19,20)18(3)10-4-5-14-7-10/h6,8,10,14H,4-5,7H2,1-3H3. The Morgan fingerprint density at radius 2 is 2.24 bits per heavy atom. The van der Waals surface area contributed by atoms with Gasteiger partial charge in [0.05, 0.1) is 5.69 Å². The molecule has 8 heteroatoms. The number of aryl methyl sites for hydroxylation is 2. The predicted molar refractivity (Wildman–Crippen MR) is 79.5 cm³/mol. The predicted octanol–water partition coefficient (Wildman–Crippen LogP) is 0.259. The van der Waals surface area contributed by atoms with Crippen molar-refractivity contribution in [3.63, 3.8) is 0 Å². The number of pyridine rings is 1. The molecular formula is C13H19N5O2S. The number of fused-ring (bicyclic) bond motifs is 1. The smallest absolute Gasteiger partial charge is 0.244 e. The van der Waals surface area contributed by atoms with Crippen LogP contribution in [0.3, 0.4) is 0 Å². The van der Waals surface area contributed by atoms with E-state index in [0.717, 1.165) is 24.0 Å². The fourth-order valence-corrected chi connectivity index (χ4v) is 4.10. The highest BCUT2D eigenvalue weighted by molar-refractivity contribution is 7.89.